The molecule has 5 aromatic carbocycles. The molecule has 5 aromatic rings. The Morgan fingerprint density at radius 1 is 0.667 bits per heavy atom. The minimum Gasteiger partial charge on any atom is -0.489 e. The SMILES string of the molecule is O=C(Nc1ccc(N2N=C(c3ccccc3)[N]N(c3ccc(OCc4ccccc4)cc3)C2=O)cc1)c1ccccc1. The molecule has 0 saturated heterocycles. The first-order chi connectivity index (χ1) is 20.6. The number of urea groups is 1. The van der Waals surface area contributed by atoms with E-state index < -0.39 is 6.03 Å². The Bertz CT molecular complexity index is 1690. The van der Waals surface area contributed by atoms with Gasteiger partial charge in [-0.1, -0.05) is 78.9 Å². The number of rotatable bonds is 8. The second kappa shape index (κ2) is 12.1. The van der Waals surface area contributed by atoms with E-state index in [4.69, 9.17) is 4.74 Å². The lowest BCUT2D eigenvalue weighted by Crippen LogP contribution is -2.52. The number of carbonyl (C=O) groups is 2. The maximum Gasteiger partial charge on any atom is 0.370 e. The van der Waals surface area contributed by atoms with Crippen LogP contribution in [0.2, 0.25) is 0 Å². The van der Waals surface area contributed by atoms with Crippen LogP contribution in [0.5, 0.6) is 5.75 Å². The molecule has 0 saturated carbocycles. The summed E-state index contributed by atoms with van der Waals surface area (Å²) < 4.78 is 5.91. The molecule has 0 aromatic heterocycles. The third kappa shape index (κ3) is 5.97. The van der Waals surface area contributed by atoms with E-state index in [2.05, 4.69) is 15.8 Å². The Morgan fingerprint density at radius 3 is 1.90 bits per heavy atom. The highest BCUT2D eigenvalue weighted by molar-refractivity contribution is 6.13. The Balaban J connectivity index is 1.23. The van der Waals surface area contributed by atoms with Gasteiger partial charge in [0, 0.05) is 16.8 Å². The van der Waals surface area contributed by atoms with Crippen LogP contribution >= 0.6 is 0 Å². The van der Waals surface area contributed by atoms with Crippen LogP contribution < -0.4 is 25.5 Å². The van der Waals surface area contributed by atoms with Gasteiger partial charge in [-0.05, 0) is 66.2 Å². The average Bonchev–Trinajstić information content (AvgIpc) is 3.06. The number of nitrogens with one attached hydrogen (secondary N) is 1. The van der Waals surface area contributed by atoms with Crippen molar-refractivity contribution in [2.24, 2.45) is 5.10 Å². The van der Waals surface area contributed by atoms with E-state index in [1.54, 1.807) is 48.5 Å². The summed E-state index contributed by atoms with van der Waals surface area (Å²) in [6, 6.07) is 42.0. The van der Waals surface area contributed by atoms with Crippen molar-refractivity contribution in [3.8, 4) is 5.75 Å². The molecule has 1 radical (unpaired) electrons. The maximum atomic E-state index is 13.7. The lowest BCUT2D eigenvalue weighted by molar-refractivity contribution is 0.102. The van der Waals surface area contributed by atoms with Crippen LogP contribution in [0, 0.1) is 0 Å². The Kier molecular flexibility index (Phi) is 7.59. The molecular weight excluding hydrogens is 526 g/mol. The van der Waals surface area contributed by atoms with Crippen molar-refractivity contribution in [2.75, 3.05) is 15.3 Å². The normalized spacial score (nSPS) is 12.8. The Morgan fingerprint density at radius 2 is 1.24 bits per heavy atom. The summed E-state index contributed by atoms with van der Waals surface area (Å²) in [4.78, 5) is 26.3. The minimum atomic E-state index is -0.450. The first kappa shape index (κ1) is 26.3. The fourth-order valence-corrected chi connectivity index (χ4v) is 4.33. The van der Waals surface area contributed by atoms with Crippen molar-refractivity contribution in [1.29, 1.82) is 0 Å². The van der Waals surface area contributed by atoms with Gasteiger partial charge in [0.25, 0.3) is 5.91 Å². The maximum absolute atomic E-state index is 13.7. The fraction of sp³-hybridized carbons (Fsp3) is 0.0294. The van der Waals surface area contributed by atoms with Gasteiger partial charge in [0.2, 0.25) is 0 Å². The number of amides is 3. The molecule has 0 spiro atoms. The molecule has 205 valence electrons. The van der Waals surface area contributed by atoms with Crippen molar-refractivity contribution >= 4 is 34.8 Å². The molecule has 6 rings (SSSR count). The van der Waals surface area contributed by atoms with Crippen LogP contribution in [0.1, 0.15) is 21.5 Å². The molecule has 1 heterocycles. The monoisotopic (exact) mass is 552 g/mol. The van der Waals surface area contributed by atoms with Gasteiger partial charge in [0.05, 0.1) is 11.4 Å². The molecule has 0 fully saturated rings. The van der Waals surface area contributed by atoms with Crippen LogP contribution in [0.25, 0.3) is 0 Å². The van der Waals surface area contributed by atoms with E-state index >= 15 is 0 Å². The highest BCUT2D eigenvalue weighted by Gasteiger charge is 2.32. The van der Waals surface area contributed by atoms with E-state index in [-0.39, 0.29) is 5.91 Å². The summed E-state index contributed by atoms with van der Waals surface area (Å²) in [5.74, 6) is 0.832. The molecule has 8 heteroatoms. The zero-order chi connectivity index (χ0) is 28.7. The van der Waals surface area contributed by atoms with Gasteiger partial charge in [-0.3, -0.25) is 4.79 Å². The Hall–Kier alpha value is -5.89. The molecule has 42 heavy (non-hydrogen) atoms. The van der Waals surface area contributed by atoms with E-state index in [1.165, 1.54) is 10.0 Å². The predicted molar refractivity (Wildman–Crippen MR) is 164 cm³/mol. The zero-order valence-electron chi connectivity index (χ0n) is 22.5. The first-order valence-electron chi connectivity index (χ1n) is 13.4. The van der Waals surface area contributed by atoms with Gasteiger partial charge in [0.15, 0.2) is 5.84 Å². The highest BCUT2D eigenvalue weighted by atomic mass is 16.5. The number of hydrogen-bond donors (Lipinski definition) is 1. The van der Waals surface area contributed by atoms with Crippen LogP contribution in [0.4, 0.5) is 21.9 Å². The highest BCUT2D eigenvalue weighted by Crippen LogP contribution is 2.27. The van der Waals surface area contributed by atoms with Crippen molar-refractivity contribution in [2.45, 2.75) is 6.61 Å². The summed E-state index contributed by atoms with van der Waals surface area (Å²) in [5.41, 5.74) is 8.64. The summed E-state index contributed by atoms with van der Waals surface area (Å²) in [5, 5.41) is 10.1. The van der Waals surface area contributed by atoms with Gasteiger partial charge in [-0.15, -0.1) is 10.5 Å². The number of nitrogens with zero attached hydrogens (tertiary/aromatic N) is 4. The molecule has 0 bridgehead atoms. The lowest BCUT2D eigenvalue weighted by atomic mass is 10.2. The number of benzene rings is 5. The van der Waals surface area contributed by atoms with Gasteiger partial charge in [0.1, 0.15) is 12.4 Å². The van der Waals surface area contributed by atoms with Gasteiger partial charge >= 0.3 is 6.03 Å². The van der Waals surface area contributed by atoms with Crippen molar-refractivity contribution < 1.29 is 14.3 Å². The lowest BCUT2D eigenvalue weighted by Gasteiger charge is -2.31. The largest absolute Gasteiger partial charge is 0.489 e. The molecular formula is C34H26N5O3. The standard InChI is InChI=1S/C34H26N5O3/c40-33(27-14-8-3-9-15-27)35-28-16-18-29(19-17-28)38-34(41)39(37-32(36-38)26-12-6-2-7-13-26)30-20-22-31(23-21-30)42-24-25-10-4-1-5-11-25/h1-23H,24H2,(H,35,40). The summed E-state index contributed by atoms with van der Waals surface area (Å²) in [6.45, 7) is 0.438. The molecule has 3 amide bonds. The predicted octanol–water partition coefficient (Wildman–Crippen LogP) is 6.85. The Labute approximate surface area is 243 Å². The van der Waals surface area contributed by atoms with Crippen molar-refractivity contribution in [1.82, 2.24) is 5.43 Å². The second-order valence-corrected chi connectivity index (χ2v) is 9.43. The molecule has 8 nitrogen and oxygen atoms in total. The topological polar surface area (TPSA) is 88.3 Å². The average molecular weight is 553 g/mol. The molecule has 1 N–H and O–H groups in total. The molecule has 1 aliphatic heterocycles. The second-order valence-electron chi connectivity index (χ2n) is 9.43. The first-order valence-corrected chi connectivity index (χ1v) is 13.4. The number of anilines is 3. The number of hydrazone groups is 1. The quantitative estimate of drug-likeness (QED) is 0.228. The zero-order valence-corrected chi connectivity index (χ0v) is 22.5. The van der Waals surface area contributed by atoms with Gasteiger partial charge in [-0.25, -0.2) is 4.79 Å². The third-order valence-electron chi connectivity index (χ3n) is 6.52. The van der Waals surface area contributed by atoms with E-state index in [1.807, 2.05) is 91.0 Å². The van der Waals surface area contributed by atoms with E-state index in [9.17, 15) is 9.59 Å². The van der Waals surface area contributed by atoms with Crippen LogP contribution in [-0.2, 0) is 6.61 Å². The van der Waals surface area contributed by atoms with E-state index in [0.29, 0.717) is 40.8 Å². The summed E-state index contributed by atoms with van der Waals surface area (Å²) in [6.07, 6.45) is 0. The summed E-state index contributed by atoms with van der Waals surface area (Å²) >= 11 is 0. The summed E-state index contributed by atoms with van der Waals surface area (Å²) in [7, 11) is 0. The molecule has 1 aliphatic rings. The fourth-order valence-electron chi connectivity index (χ4n) is 4.33. The minimum absolute atomic E-state index is 0.219. The van der Waals surface area contributed by atoms with Crippen LogP contribution in [0.3, 0.4) is 0 Å². The van der Waals surface area contributed by atoms with E-state index in [0.717, 1.165) is 11.1 Å². The molecule has 0 atom stereocenters. The van der Waals surface area contributed by atoms with Crippen molar-refractivity contribution in [3.05, 3.63) is 156 Å². The molecule has 0 aliphatic carbocycles. The number of hydrogen-bond acceptors (Lipinski definition) is 4. The van der Waals surface area contributed by atoms with Crippen LogP contribution in [0.15, 0.2) is 145 Å². The molecule has 0 unspecified atom stereocenters. The third-order valence-corrected chi connectivity index (χ3v) is 6.52. The smallest absolute Gasteiger partial charge is 0.370 e. The van der Waals surface area contributed by atoms with Crippen molar-refractivity contribution in [3.63, 3.8) is 0 Å². The number of carbonyl (C=O) groups excluding carboxylic acids is 2. The van der Waals surface area contributed by atoms with Crippen LogP contribution in [-0.4, -0.2) is 17.8 Å². The number of amidine groups is 1. The van der Waals surface area contributed by atoms with Gasteiger partial charge < -0.3 is 10.1 Å². The van der Waals surface area contributed by atoms with Gasteiger partial charge in [-0.2, -0.15) is 10.0 Å². The number of ether oxygens (including phenoxy) is 1.